The Morgan fingerprint density at radius 1 is 0.346 bits per heavy atom. The topological polar surface area (TPSA) is 92.3 Å². The molecule has 0 saturated carbocycles. The average molecular weight is 1040 g/mol. The Labute approximate surface area is 459 Å². The van der Waals surface area contributed by atoms with E-state index in [0.29, 0.717) is 49.4 Å². The van der Waals surface area contributed by atoms with Gasteiger partial charge in [-0.2, -0.15) is 0 Å². The molecule has 0 spiro atoms. The Morgan fingerprint density at radius 3 is 0.923 bits per heavy atom. The second kappa shape index (κ2) is 20.7. The van der Waals surface area contributed by atoms with Gasteiger partial charge in [0.05, 0.1) is 49.8 Å². The second-order valence-electron chi connectivity index (χ2n) is 22.4. The summed E-state index contributed by atoms with van der Waals surface area (Å²) in [4.78, 5) is 0. The van der Waals surface area contributed by atoms with Crippen molar-refractivity contribution in [3.05, 3.63) is 146 Å². The minimum atomic E-state index is -0.592. The normalized spacial score (nSPS) is 16.4. The SMILES string of the molecule is COCCOc1cc(OCCOC)c(-c2c3ccccc3c(-c3cc(OC)cc(B4OC(C)(C)C(C)(C)O4)c3)c3ccccc23)cc1-c1c2ccccc2c(-c2cc(OC)cc(B3OC(C)(C)C(C)(C)O3)c2)c2ccccc12. The Kier molecular flexibility index (Phi) is 14.1. The predicted octanol–water partition coefficient (Wildman–Crippen LogP) is 13.6. The van der Waals surface area contributed by atoms with Gasteiger partial charge in [-0.05, 0) is 162 Å². The van der Waals surface area contributed by atoms with Crippen molar-refractivity contribution in [2.45, 2.75) is 77.8 Å². The lowest BCUT2D eigenvalue weighted by Gasteiger charge is -2.32. The largest absolute Gasteiger partial charge is 0.497 e. The smallest absolute Gasteiger partial charge is 0.494 e. The summed E-state index contributed by atoms with van der Waals surface area (Å²) in [6.07, 6.45) is 0. The van der Waals surface area contributed by atoms with Crippen LogP contribution >= 0.6 is 0 Å². The van der Waals surface area contributed by atoms with Crippen molar-refractivity contribution in [2.24, 2.45) is 0 Å². The third kappa shape index (κ3) is 9.36. The summed E-state index contributed by atoms with van der Waals surface area (Å²) in [6.45, 7) is 18.0. The van der Waals surface area contributed by atoms with Gasteiger partial charge in [-0.25, -0.2) is 0 Å². The fraction of sp³-hybridized carbons (Fsp3) is 0.303. The van der Waals surface area contributed by atoms with Crippen LogP contribution in [0.2, 0.25) is 0 Å². The zero-order valence-electron chi connectivity index (χ0n) is 46.9. The number of ether oxygens (including phenoxy) is 6. The first-order valence-corrected chi connectivity index (χ1v) is 26.9. The van der Waals surface area contributed by atoms with Gasteiger partial charge in [0.1, 0.15) is 36.2 Å². The Bertz CT molecular complexity index is 3370. The van der Waals surface area contributed by atoms with E-state index in [1.807, 2.05) is 12.1 Å². The quantitative estimate of drug-likeness (QED) is 0.0529. The maximum absolute atomic E-state index is 6.86. The van der Waals surface area contributed by atoms with Crippen LogP contribution in [0.25, 0.3) is 87.6 Å². The third-order valence-corrected chi connectivity index (χ3v) is 16.5. The van der Waals surface area contributed by atoms with Gasteiger partial charge in [0, 0.05) is 42.5 Å². The molecule has 2 aliphatic heterocycles. The molecular weight excluding hydrogens is 974 g/mol. The van der Waals surface area contributed by atoms with Gasteiger partial charge in [-0.3, -0.25) is 0 Å². The Balaban J connectivity index is 1.18. The number of fused-ring (bicyclic) bond motifs is 4. The van der Waals surface area contributed by atoms with Crippen molar-refractivity contribution in [1.29, 1.82) is 0 Å². The van der Waals surface area contributed by atoms with Crippen LogP contribution in [-0.2, 0) is 28.1 Å². The number of benzene rings is 9. The standard InChI is InChI=1S/C66H68B2O10/c1-63(2)64(3,4)76-67(75-63)43-33-41(35-45(37-43)71-11)59-47-21-13-17-25-51(47)61(52-26-18-14-22-48(52)59)55-39-56(58(74-32-30-70-10)40-57(55)73-31-29-69-9)62-53-27-19-15-23-49(53)60(50-24-16-20-28-54(50)62)42-34-44(38-46(36-42)72-12)68-77-65(5,6)66(7,8)78-68/h13-28,33-40H,29-32H2,1-12H3. The third-order valence-electron chi connectivity index (χ3n) is 16.5. The summed E-state index contributed by atoms with van der Waals surface area (Å²) in [5.74, 6) is 2.73. The molecule has 0 unspecified atom stereocenters. The molecular formula is C66H68B2O10. The first-order chi connectivity index (χ1) is 37.5. The molecule has 12 heteroatoms. The molecule has 0 bridgehead atoms. The molecule has 398 valence electrons. The molecule has 2 aliphatic rings. The van der Waals surface area contributed by atoms with Crippen LogP contribution in [0.15, 0.2) is 146 Å². The summed E-state index contributed by atoms with van der Waals surface area (Å²) in [7, 11) is 5.60. The monoisotopic (exact) mass is 1040 g/mol. The van der Waals surface area contributed by atoms with E-state index in [1.165, 1.54) is 0 Å². The van der Waals surface area contributed by atoms with Crippen molar-refractivity contribution >= 4 is 68.3 Å². The first kappa shape index (κ1) is 53.1. The van der Waals surface area contributed by atoms with E-state index >= 15 is 0 Å². The Morgan fingerprint density at radius 2 is 0.641 bits per heavy atom. The number of hydrogen-bond donors (Lipinski definition) is 0. The van der Waals surface area contributed by atoms with Gasteiger partial charge in [0.2, 0.25) is 0 Å². The molecule has 10 nitrogen and oxygen atoms in total. The molecule has 0 radical (unpaired) electrons. The van der Waals surface area contributed by atoms with E-state index in [4.69, 9.17) is 47.0 Å². The van der Waals surface area contributed by atoms with Crippen molar-refractivity contribution in [3.63, 3.8) is 0 Å². The van der Waals surface area contributed by atoms with E-state index in [2.05, 4.69) is 189 Å². The summed E-state index contributed by atoms with van der Waals surface area (Å²) in [6, 6.07) is 51.5. The van der Waals surface area contributed by atoms with Gasteiger partial charge in [-0.1, -0.05) is 109 Å². The summed E-state index contributed by atoms with van der Waals surface area (Å²) < 4.78 is 63.5. The highest BCUT2D eigenvalue weighted by molar-refractivity contribution is 6.63. The number of hydrogen-bond acceptors (Lipinski definition) is 10. The van der Waals surface area contributed by atoms with Crippen molar-refractivity contribution in [1.82, 2.24) is 0 Å². The highest BCUT2D eigenvalue weighted by Gasteiger charge is 2.53. The highest BCUT2D eigenvalue weighted by Crippen LogP contribution is 2.52. The molecule has 2 heterocycles. The van der Waals surface area contributed by atoms with Gasteiger partial charge in [-0.15, -0.1) is 0 Å². The molecule has 78 heavy (non-hydrogen) atoms. The maximum Gasteiger partial charge on any atom is 0.494 e. The first-order valence-electron chi connectivity index (χ1n) is 26.9. The van der Waals surface area contributed by atoms with Crippen LogP contribution < -0.4 is 29.9 Å². The molecule has 9 aromatic carbocycles. The molecule has 0 aromatic heterocycles. The zero-order chi connectivity index (χ0) is 54.7. The molecule has 2 fully saturated rings. The van der Waals surface area contributed by atoms with Crippen molar-refractivity contribution in [2.75, 3.05) is 54.9 Å². The van der Waals surface area contributed by atoms with Crippen molar-refractivity contribution < 1.29 is 47.0 Å². The molecule has 0 aliphatic carbocycles. The summed E-state index contributed by atoms with van der Waals surface area (Å²) in [5.41, 5.74) is 7.61. The molecule has 0 atom stereocenters. The molecule has 11 rings (SSSR count). The van der Waals surface area contributed by atoms with Crippen LogP contribution in [0.5, 0.6) is 23.0 Å². The van der Waals surface area contributed by atoms with Gasteiger partial charge >= 0.3 is 14.2 Å². The van der Waals surface area contributed by atoms with E-state index < -0.39 is 36.6 Å². The summed E-state index contributed by atoms with van der Waals surface area (Å²) in [5, 5.41) is 8.41. The number of methoxy groups -OCH3 is 4. The van der Waals surface area contributed by atoms with Crippen LogP contribution in [0.4, 0.5) is 0 Å². The predicted molar refractivity (Wildman–Crippen MR) is 317 cm³/mol. The average Bonchev–Trinajstić information content (AvgIpc) is 3.87. The van der Waals surface area contributed by atoms with Gasteiger partial charge in [0.25, 0.3) is 0 Å². The molecule has 0 N–H and O–H groups in total. The fourth-order valence-electron chi connectivity index (χ4n) is 11.1. The highest BCUT2D eigenvalue weighted by atomic mass is 16.7. The second-order valence-corrected chi connectivity index (χ2v) is 22.4. The fourth-order valence-corrected chi connectivity index (χ4v) is 11.1. The zero-order valence-corrected chi connectivity index (χ0v) is 46.9. The lowest BCUT2D eigenvalue weighted by atomic mass is 9.76. The minimum Gasteiger partial charge on any atom is -0.497 e. The van der Waals surface area contributed by atoms with E-state index in [0.717, 1.165) is 98.5 Å². The van der Waals surface area contributed by atoms with Crippen LogP contribution in [0.3, 0.4) is 0 Å². The minimum absolute atomic E-state index is 0.314. The van der Waals surface area contributed by atoms with Gasteiger partial charge in [0.15, 0.2) is 0 Å². The molecule has 2 saturated heterocycles. The Hall–Kier alpha value is -6.89. The maximum atomic E-state index is 6.86. The van der Waals surface area contributed by atoms with Crippen LogP contribution in [0, 0.1) is 0 Å². The van der Waals surface area contributed by atoms with Gasteiger partial charge < -0.3 is 47.0 Å². The molecule has 9 aromatic rings. The van der Waals surface area contributed by atoms with Crippen LogP contribution in [0.1, 0.15) is 55.4 Å². The lowest BCUT2D eigenvalue weighted by molar-refractivity contribution is 0.00578. The van der Waals surface area contributed by atoms with Crippen molar-refractivity contribution in [3.8, 4) is 67.5 Å². The summed E-state index contributed by atoms with van der Waals surface area (Å²) >= 11 is 0. The van der Waals surface area contributed by atoms with Crippen LogP contribution in [-0.4, -0.2) is 91.5 Å². The van der Waals surface area contributed by atoms with E-state index in [9.17, 15) is 0 Å². The van der Waals surface area contributed by atoms with E-state index in [-0.39, 0.29) is 0 Å². The lowest BCUT2D eigenvalue weighted by Crippen LogP contribution is -2.41. The molecule has 0 amide bonds. The van der Waals surface area contributed by atoms with E-state index in [1.54, 1.807) is 28.4 Å². The number of rotatable bonds is 16.